The molecule has 0 aliphatic rings. The quantitative estimate of drug-likeness (QED) is 0.163. The monoisotopic (exact) mass is 495 g/mol. The molecule has 9 nitrogen and oxygen atoms in total. The fourth-order valence-corrected chi connectivity index (χ4v) is 3.03. The zero-order chi connectivity index (χ0) is 24.7. The van der Waals surface area contributed by atoms with Crippen LogP contribution in [0.3, 0.4) is 0 Å². The summed E-state index contributed by atoms with van der Waals surface area (Å²) >= 11 is 0. The van der Waals surface area contributed by atoms with E-state index >= 15 is 0 Å². The van der Waals surface area contributed by atoms with Gasteiger partial charge in [0.2, 0.25) is 5.95 Å². The van der Waals surface area contributed by atoms with Gasteiger partial charge in [-0.2, -0.15) is 4.98 Å². The lowest BCUT2D eigenvalue weighted by Gasteiger charge is -2.16. The van der Waals surface area contributed by atoms with Gasteiger partial charge in [0.1, 0.15) is 5.75 Å². The highest BCUT2D eigenvalue weighted by atomic mass is 32.2. The Hall–Kier alpha value is -3.58. The first kappa shape index (κ1) is 25.1. The van der Waals surface area contributed by atoms with E-state index in [0.717, 1.165) is 6.42 Å². The van der Waals surface area contributed by atoms with Gasteiger partial charge >= 0.3 is 6.36 Å². The molecule has 0 bridgehead atoms. The summed E-state index contributed by atoms with van der Waals surface area (Å²) in [5.74, 6) is 0.281. The van der Waals surface area contributed by atoms with Crippen molar-refractivity contribution < 1.29 is 26.7 Å². The van der Waals surface area contributed by atoms with Crippen molar-refractivity contribution in [3.63, 3.8) is 0 Å². The first-order chi connectivity index (χ1) is 16.1. The fourth-order valence-electron chi connectivity index (χ4n) is 2.73. The van der Waals surface area contributed by atoms with Crippen LogP contribution in [0.4, 0.5) is 36.3 Å². The highest BCUT2D eigenvalue weighted by Crippen LogP contribution is 2.29. The van der Waals surface area contributed by atoms with Crippen molar-refractivity contribution in [1.82, 2.24) is 9.97 Å². The fraction of sp³-hybridized carbons (Fsp3) is 0.238. The number of ether oxygens (including phenoxy) is 1. The minimum Gasteiger partial charge on any atom is -0.454 e. The number of hydrogen-bond acceptors (Lipinski definition) is 9. The molecule has 0 unspecified atom stereocenters. The molecule has 1 aromatic heterocycles. The predicted octanol–water partition coefficient (Wildman–Crippen LogP) is 5.94. The first-order valence-electron chi connectivity index (χ1n) is 10.1. The Labute approximate surface area is 195 Å². The molecule has 13 heteroatoms. The lowest BCUT2D eigenvalue weighted by molar-refractivity contribution is -0.274. The molecular formula is C21H22F3N6O3S-. The summed E-state index contributed by atoms with van der Waals surface area (Å²) in [4.78, 5) is 8.83. The van der Waals surface area contributed by atoms with Gasteiger partial charge in [-0.25, -0.2) is 4.98 Å². The van der Waals surface area contributed by atoms with E-state index < -0.39 is 17.2 Å². The maximum absolute atomic E-state index is 12.6. The average molecular weight is 496 g/mol. The maximum Gasteiger partial charge on any atom is 0.573 e. The van der Waals surface area contributed by atoms with Gasteiger partial charge in [-0.15, -0.1) is 13.2 Å². The van der Waals surface area contributed by atoms with E-state index in [0.29, 0.717) is 28.5 Å². The summed E-state index contributed by atoms with van der Waals surface area (Å²) in [7, 11) is -2.30. The Morgan fingerprint density at radius 3 is 2.50 bits per heavy atom. The molecular weight excluding hydrogens is 473 g/mol. The summed E-state index contributed by atoms with van der Waals surface area (Å²) in [5.41, 5.74) is 7.58. The van der Waals surface area contributed by atoms with Crippen LogP contribution in [0.1, 0.15) is 20.3 Å². The first-order valence-corrected chi connectivity index (χ1v) is 11.1. The van der Waals surface area contributed by atoms with E-state index in [-0.39, 0.29) is 17.7 Å². The lowest BCUT2D eigenvalue weighted by atomic mass is 10.1. The van der Waals surface area contributed by atoms with Gasteiger partial charge in [0, 0.05) is 23.4 Å². The van der Waals surface area contributed by atoms with Crippen LogP contribution in [0.5, 0.6) is 5.75 Å². The second-order valence-electron chi connectivity index (χ2n) is 7.11. The largest absolute Gasteiger partial charge is 0.573 e. The number of aromatic nitrogens is 2. The summed E-state index contributed by atoms with van der Waals surface area (Å²) in [5, 5.41) is 3.15. The van der Waals surface area contributed by atoms with Crippen molar-refractivity contribution in [1.29, 1.82) is 0 Å². The molecule has 2 aromatic carbocycles. The van der Waals surface area contributed by atoms with Crippen LogP contribution in [0.15, 0.2) is 59.0 Å². The molecule has 0 fully saturated rings. The smallest absolute Gasteiger partial charge is 0.454 e. The molecule has 3 aromatic rings. The van der Waals surface area contributed by atoms with Crippen molar-refractivity contribution in [3.05, 3.63) is 54.6 Å². The minimum absolute atomic E-state index is 0.0596. The second-order valence-corrected chi connectivity index (χ2v) is 7.75. The van der Waals surface area contributed by atoms with E-state index in [1.807, 2.05) is 13.8 Å². The van der Waals surface area contributed by atoms with E-state index in [1.54, 1.807) is 36.4 Å². The molecule has 0 aliphatic carbocycles. The van der Waals surface area contributed by atoms with Crippen molar-refractivity contribution >= 4 is 34.0 Å². The van der Waals surface area contributed by atoms with Crippen LogP contribution in [-0.2, 0) is 15.1 Å². The topological polar surface area (TPSA) is 121 Å². The molecule has 0 saturated carbocycles. The van der Waals surface area contributed by atoms with Gasteiger partial charge in [0.25, 0.3) is 0 Å². The molecule has 1 heterocycles. The Balaban J connectivity index is 1.86. The maximum atomic E-state index is 12.6. The molecule has 0 aliphatic heterocycles. The highest BCUT2D eigenvalue weighted by Gasteiger charge is 2.31. The molecule has 0 radical (unpaired) electrons. The van der Waals surface area contributed by atoms with Crippen LogP contribution in [0.25, 0.3) is 11.3 Å². The van der Waals surface area contributed by atoms with Crippen LogP contribution < -0.4 is 20.9 Å². The third-order valence-corrected chi connectivity index (χ3v) is 4.83. The summed E-state index contributed by atoms with van der Waals surface area (Å²) in [6.45, 7) is 3.94. The van der Waals surface area contributed by atoms with Gasteiger partial charge in [-0.05, 0) is 49.7 Å². The summed E-state index contributed by atoms with van der Waals surface area (Å²) < 4.78 is 65.0. The SMILES string of the molecule is CC[C@@H](C)Nc1nc(NNc2ccc(N=[S-](=O)O)cc2)cc(-c2cccc(OC(F)(F)F)c2)n1. The van der Waals surface area contributed by atoms with Crippen LogP contribution in [-0.4, -0.2) is 26.9 Å². The van der Waals surface area contributed by atoms with Crippen molar-refractivity contribution in [2.75, 3.05) is 16.2 Å². The zero-order valence-electron chi connectivity index (χ0n) is 18.1. The number of halogens is 3. The number of benzene rings is 2. The Bertz CT molecular complexity index is 1200. The van der Waals surface area contributed by atoms with E-state index in [4.69, 9.17) is 4.55 Å². The molecule has 0 spiro atoms. The Kier molecular flexibility index (Phi) is 8.12. The van der Waals surface area contributed by atoms with E-state index in [2.05, 4.69) is 35.2 Å². The third-order valence-electron chi connectivity index (χ3n) is 4.46. The molecule has 0 saturated heterocycles. The van der Waals surface area contributed by atoms with Crippen LogP contribution in [0, 0.1) is 0 Å². The number of anilines is 3. The number of alkyl halides is 3. The molecule has 4 N–H and O–H groups in total. The number of hydrogen-bond donors (Lipinski definition) is 4. The number of hydrazine groups is 1. The molecule has 3 rings (SSSR count). The second kappa shape index (κ2) is 11.0. The van der Waals surface area contributed by atoms with Gasteiger partial charge in [-0.3, -0.25) is 10.9 Å². The standard InChI is InChI=1S/C21H22F3N6O3S/c1-3-13(2)25-20-26-18(14-5-4-6-17(11-14)33-21(22,23)24)12-19(27-20)29-28-15-7-9-16(10-8-15)30-34(31)32/h4-13,28H,3H2,1-2H3,(H,30,31,32)(H2,25,26,27,29)/q-1/t13-/m1/s1. The Morgan fingerprint density at radius 2 is 1.85 bits per heavy atom. The van der Waals surface area contributed by atoms with Crippen LogP contribution >= 0.6 is 0 Å². The van der Waals surface area contributed by atoms with Crippen LogP contribution in [0.2, 0.25) is 0 Å². The summed E-state index contributed by atoms with van der Waals surface area (Å²) in [6, 6.07) is 13.5. The van der Waals surface area contributed by atoms with Gasteiger partial charge in [-0.1, -0.05) is 29.9 Å². The zero-order valence-corrected chi connectivity index (χ0v) is 18.9. The Morgan fingerprint density at radius 1 is 1.12 bits per heavy atom. The predicted molar refractivity (Wildman–Crippen MR) is 124 cm³/mol. The van der Waals surface area contributed by atoms with E-state index in [9.17, 15) is 17.4 Å². The van der Waals surface area contributed by atoms with E-state index in [1.165, 1.54) is 18.2 Å². The number of nitrogens with zero attached hydrogens (tertiary/aromatic N) is 3. The normalized spacial score (nSPS) is 13.2. The number of nitrogens with one attached hydrogen (secondary N) is 3. The molecule has 1 atom stereocenters. The molecule has 34 heavy (non-hydrogen) atoms. The highest BCUT2D eigenvalue weighted by molar-refractivity contribution is 7.68. The minimum atomic E-state index is -4.81. The van der Waals surface area contributed by atoms with Crippen molar-refractivity contribution in [3.8, 4) is 17.0 Å². The number of rotatable bonds is 9. The van der Waals surface area contributed by atoms with Crippen molar-refractivity contribution in [2.45, 2.75) is 32.7 Å². The average Bonchev–Trinajstić information content (AvgIpc) is 2.77. The molecule has 0 amide bonds. The summed E-state index contributed by atoms with van der Waals surface area (Å²) in [6.07, 6.45) is -4.00. The lowest BCUT2D eigenvalue weighted by Crippen LogP contribution is -2.18. The van der Waals surface area contributed by atoms with Gasteiger partial charge < -0.3 is 23.2 Å². The molecule has 182 valence electrons. The third kappa shape index (κ3) is 7.78. The van der Waals surface area contributed by atoms with Gasteiger partial charge in [0.05, 0.1) is 11.4 Å². The van der Waals surface area contributed by atoms with Gasteiger partial charge in [0.15, 0.2) is 5.82 Å². The van der Waals surface area contributed by atoms with Crippen molar-refractivity contribution in [2.24, 2.45) is 4.36 Å².